The first-order valence-electron chi connectivity index (χ1n) is 5.33. The standard InChI is InChI=1S/C10H16O9.K.H/c11-1-2-18-3-4-19-8(14)6-10(17,9(15)16)5-7(12)13;;/h11,17H,1-6H2,(H,12,13)(H,15,16);;. The van der Waals surface area contributed by atoms with Gasteiger partial charge in [-0.1, -0.05) is 0 Å². The Bertz CT molecular complexity index is 333. The maximum absolute atomic E-state index is 11.2. The van der Waals surface area contributed by atoms with E-state index in [1.54, 1.807) is 0 Å². The summed E-state index contributed by atoms with van der Waals surface area (Å²) in [7, 11) is 0. The Morgan fingerprint density at radius 3 is 2.05 bits per heavy atom. The van der Waals surface area contributed by atoms with Crippen LogP contribution in [-0.2, 0) is 23.9 Å². The second kappa shape index (κ2) is 11.6. The van der Waals surface area contributed by atoms with E-state index in [0.29, 0.717) is 0 Å². The molecule has 0 aliphatic carbocycles. The van der Waals surface area contributed by atoms with Crippen molar-refractivity contribution in [3.05, 3.63) is 0 Å². The van der Waals surface area contributed by atoms with Crippen LogP contribution in [0.1, 0.15) is 12.8 Å². The number of hydrogen-bond donors (Lipinski definition) is 4. The Morgan fingerprint density at radius 1 is 1.00 bits per heavy atom. The molecule has 0 aliphatic rings. The molecule has 10 heteroatoms. The van der Waals surface area contributed by atoms with Crippen molar-refractivity contribution in [2.24, 2.45) is 0 Å². The normalized spacial score (nSPS) is 12.9. The fourth-order valence-corrected chi connectivity index (χ4v) is 1.13. The molecule has 0 aliphatic heterocycles. The van der Waals surface area contributed by atoms with Crippen LogP contribution < -0.4 is 0 Å². The van der Waals surface area contributed by atoms with E-state index in [9.17, 15) is 19.5 Å². The van der Waals surface area contributed by atoms with Gasteiger partial charge in [0.25, 0.3) is 0 Å². The predicted octanol–water partition coefficient (Wildman–Crippen LogP) is -2.43. The molecule has 0 aromatic heterocycles. The summed E-state index contributed by atoms with van der Waals surface area (Å²) in [6.45, 7) is -0.320. The van der Waals surface area contributed by atoms with Crippen molar-refractivity contribution in [2.45, 2.75) is 18.4 Å². The molecule has 1 unspecified atom stereocenters. The van der Waals surface area contributed by atoms with Gasteiger partial charge < -0.3 is 29.9 Å². The number of aliphatic carboxylic acids is 2. The molecule has 112 valence electrons. The van der Waals surface area contributed by atoms with Gasteiger partial charge in [-0.25, -0.2) is 4.79 Å². The van der Waals surface area contributed by atoms with Crippen molar-refractivity contribution >= 4 is 69.3 Å². The van der Waals surface area contributed by atoms with Crippen LogP contribution in [-0.4, -0.2) is 122 Å². The molecule has 0 bridgehead atoms. The van der Waals surface area contributed by atoms with Gasteiger partial charge in [0.15, 0.2) is 5.60 Å². The van der Waals surface area contributed by atoms with Crippen LogP contribution in [0.3, 0.4) is 0 Å². The molecule has 0 amide bonds. The second-order valence-corrected chi connectivity index (χ2v) is 3.64. The van der Waals surface area contributed by atoms with Crippen LogP contribution in [0.25, 0.3) is 0 Å². The summed E-state index contributed by atoms with van der Waals surface area (Å²) in [6.07, 6.45) is -2.09. The molecule has 0 spiro atoms. The summed E-state index contributed by atoms with van der Waals surface area (Å²) >= 11 is 0. The number of hydrogen-bond acceptors (Lipinski definition) is 7. The summed E-state index contributed by atoms with van der Waals surface area (Å²) in [5, 5.41) is 35.1. The number of carbonyl (C=O) groups is 3. The fraction of sp³-hybridized carbons (Fsp3) is 0.700. The first-order chi connectivity index (χ1) is 8.81. The number of carbonyl (C=O) groups excluding carboxylic acids is 1. The summed E-state index contributed by atoms with van der Waals surface area (Å²) in [5.41, 5.74) is -2.70. The zero-order valence-electron chi connectivity index (χ0n) is 10.1. The molecule has 0 heterocycles. The number of aliphatic hydroxyl groups is 2. The van der Waals surface area contributed by atoms with Crippen molar-refractivity contribution in [3.8, 4) is 0 Å². The van der Waals surface area contributed by atoms with E-state index in [1.165, 1.54) is 0 Å². The molecule has 20 heavy (non-hydrogen) atoms. The number of ether oxygens (including phenoxy) is 2. The van der Waals surface area contributed by atoms with Crippen molar-refractivity contribution in [2.75, 3.05) is 26.4 Å². The Kier molecular flexibility index (Phi) is 12.9. The molecule has 1 atom stereocenters. The Labute approximate surface area is 157 Å². The molecule has 0 aromatic rings. The SMILES string of the molecule is O=C(O)CC(O)(CC(=O)OCCOCCO)C(=O)O.[KH]. The summed E-state index contributed by atoms with van der Waals surface area (Å²) in [5.74, 6) is -4.42. The molecule has 0 fully saturated rings. The van der Waals surface area contributed by atoms with Gasteiger partial charge in [-0.15, -0.1) is 0 Å². The van der Waals surface area contributed by atoms with E-state index in [2.05, 4.69) is 4.74 Å². The molecule has 0 aromatic carbocycles. The summed E-state index contributed by atoms with van der Waals surface area (Å²) in [6, 6.07) is 0. The molecule has 4 N–H and O–H groups in total. The van der Waals surface area contributed by atoms with Gasteiger partial charge in [0.05, 0.1) is 32.7 Å². The number of carboxylic acids is 2. The minimum atomic E-state index is -2.70. The van der Waals surface area contributed by atoms with Gasteiger partial charge >= 0.3 is 69.3 Å². The number of rotatable bonds is 10. The third-order valence-electron chi connectivity index (χ3n) is 2.00. The zero-order valence-corrected chi connectivity index (χ0v) is 10.1. The van der Waals surface area contributed by atoms with E-state index in [1.807, 2.05) is 0 Å². The van der Waals surface area contributed by atoms with E-state index >= 15 is 0 Å². The Hall–Kier alpha value is -0.0736. The van der Waals surface area contributed by atoms with Crippen LogP contribution in [0.15, 0.2) is 0 Å². The van der Waals surface area contributed by atoms with Gasteiger partial charge in [0, 0.05) is 0 Å². The fourth-order valence-electron chi connectivity index (χ4n) is 1.13. The number of carboxylic acid groups (broad SMARTS) is 2. The third kappa shape index (κ3) is 9.77. The first-order valence-corrected chi connectivity index (χ1v) is 5.33. The van der Waals surface area contributed by atoms with Crippen molar-refractivity contribution < 1.29 is 44.3 Å². The molecular formula is C10H17KO9. The molecular weight excluding hydrogens is 303 g/mol. The Morgan fingerprint density at radius 2 is 1.60 bits per heavy atom. The van der Waals surface area contributed by atoms with Gasteiger partial charge in [0.2, 0.25) is 0 Å². The summed E-state index contributed by atoms with van der Waals surface area (Å²) < 4.78 is 9.33. The van der Waals surface area contributed by atoms with E-state index in [0.717, 1.165) is 0 Å². The molecule has 0 rings (SSSR count). The van der Waals surface area contributed by atoms with Gasteiger partial charge in [0.1, 0.15) is 6.61 Å². The molecule has 9 nitrogen and oxygen atoms in total. The topological polar surface area (TPSA) is 151 Å². The molecule has 0 radical (unpaired) electrons. The van der Waals surface area contributed by atoms with E-state index in [4.69, 9.17) is 20.1 Å². The Balaban J connectivity index is 0. The van der Waals surface area contributed by atoms with Crippen molar-refractivity contribution in [1.29, 1.82) is 0 Å². The van der Waals surface area contributed by atoms with Crippen LogP contribution in [0.2, 0.25) is 0 Å². The van der Waals surface area contributed by atoms with Crippen LogP contribution in [0.5, 0.6) is 0 Å². The summed E-state index contributed by atoms with van der Waals surface area (Å²) in [4.78, 5) is 32.4. The van der Waals surface area contributed by atoms with Gasteiger partial charge in [-0.3, -0.25) is 9.59 Å². The minimum absolute atomic E-state index is 0. The zero-order chi connectivity index (χ0) is 14.9. The van der Waals surface area contributed by atoms with E-state index in [-0.39, 0.29) is 77.8 Å². The maximum atomic E-state index is 11.2. The first kappa shape index (κ1) is 22.2. The molecule has 0 saturated carbocycles. The van der Waals surface area contributed by atoms with Crippen molar-refractivity contribution in [3.63, 3.8) is 0 Å². The van der Waals surface area contributed by atoms with Crippen LogP contribution in [0, 0.1) is 0 Å². The van der Waals surface area contributed by atoms with Gasteiger partial charge in [-0.05, 0) is 0 Å². The van der Waals surface area contributed by atoms with E-state index < -0.39 is 36.4 Å². The van der Waals surface area contributed by atoms with Crippen LogP contribution >= 0.6 is 0 Å². The number of aliphatic hydroxyl groups excluding tert-OH is 1. The average Bonchev–Trinajstić information content (AvgIpc) is 2.27. The predicted molar refractivity (Wildman–Crippen MR) is 65.5 cm³/mol. The average molecular weight is 320 g/mol. The second-order valence-electron chi connectivity index (χ2n) is 3.64. The number of esters is 1. The molecule has 0 saturated heterocycles. The third-order valence-corrected chi connectivity index (χ3v) is 2.00. The van der Waals surface area contributed by atoms with Crippen molar-refractivity contribution in [1.82, 2.24) is 0 Å². The monoisotopic (exact) mass is 320 g/mol. The van der Waals surface area contributed by atoms with Gasteiger partial charge in [-0.2, -0.15) is 0 Å². The van der Waals surface area contributed by atoms with Crippen LogP contribution in [0.4, 0.5) is 0 Å². The quantitative estimate of drug-likeness (QED) is 0.196.